The first-order valence-corrected chi connectivity index (χ1v) is 12.3. The van der Waals surface area contributed by atoms with Crippen molar-refractivity contribution in [3.05, 3.63) is 40.4 Å². The third kappa shape index (κ3) is 4.81. The second-order valence-corrected chi connectivity index (χ2v) is 10.3. The molecule has 0 radical (unpaired) electrons. The Labute approximate surface area is 181 Å². The molecule has 1 saturated heterocycles. The Kier molecular flexibility index (Phi) is 6.35. The highest BCUT2D eigenvalue weighted by Crippen LogP contribution is 2.35. The number of H-pyrrole nitrogens is 1. The van der Waals surface area contributed by atoms with Crippen LogP contribution >= 0.6 is 12.2 Å². The van der Waals surface area contributed by atoms with E-state index in [9.17, 15) is 13.2 Å². The van der Waals surface area contributed by atoms with Crippen LogP contribution in [0.15, 0.2) is 29.2 Å². The highest BCUT2D eigenvalue weighted by molar-refractivity contribution is 7.89. The number of aryl methyl sites for hydroxylation is 1. The SMILES string of the molecule is O=C(CCc1ccc(S(=O)(=O)N2CCCCC2)cc1)NCc1n[nH]c(=S)n1C1CC1. The minimum absolute atomic E-state index is 0.0729. The summed E-state index contributed by atoms with van der Waals surface area (Å²) < 4.78 is 29.6. The van der Waals surface area contributed by atoms with E-state index in [1.54, 1.807) is 28.6 Å². The second kappa shape index (κ2) is 8.99. The number of hydrogen-bond donors (Lipinski definition) is 2. The van der Waals surface area contributed by atoms with E-state index in [1.807, 2.05) is 4.57 Å². The highest BCUT2D eigenvalue weighted by Gasteiger charge is 2.27. The lowest BCUT2D eigenvalue weighted by Gasteiger charge is -2.25. The molecule has 1 aromatic heterocycles. The number of rotatable bonds is 8. The lowest BCUT2D eigenvalue weighted by molar-refractivity contribution is -0.121. The topological polar surface area (TPSA) is 100 Å². The smallest absolute Gasteiger partial charge is 0.243 e. The monoisotopic (exact) mass is 449 g/mol. The number of aromatic amines is 1. The summed E-state index contributed by atoms with van der Waals surface area (Å²) in [5.41, 5.74) is 0.934. The Balaban J connectivity index is 1.29. The van der Waals surface area contributed by atoms with E-state index in [0.29, 0.717) is 48.2 Å². The van der Waals surface area contributed by atoms with Gasteiger partial charge in [-0.1, -0.05) is 18.6 Å². The molecule has 10 heteroatoms. The Morgan fingerprint density at radius 3 is 2.53 bits per heavy atom. The van der Waals surface area contributed by atoms with E-state index in [0.717, 1.165) is 43.5 Å². The summed E-state index contributed by atoms with van der Waals surface area (Å²) in [7, 11) is -3.42. The standard InChI is InChI=1S/C20H27N5O3S2/c26-19(21-14-18-22-23-20(29)25(18)16-7-8-16)11-6-15-4-9-17(10-5-15)30(27,28)24-12-2-1-3-13-24/h4-5,9-10,16H,1-3,6-8,11-14H2,(H,21,26)(H,23,29). The Bertz CT molecular complexity index is 1050. The average Bonchev–Trinajstić information content (AvgIpc) is 3.53. The van der Waals surface area contributed by atoms with Gasteiger partial charge in [0.2, 0.25) is 15.9 Å². The number of nitrogens with zero attached hydrogens (tertiary/aromatic N) is 3. The Hall–Kier alpha value is -2.04. The van der Waals surface area contributed by atoms with Crippen molar-refractivity contribution >= 4 is 28.1 Å². The van der Waals surface area contributed by atoms with Gasteiger partial charge in [0.05, 0.1) is 11.4 Å². The van der Waals surface area contributed by atoms with Crippen LogP contribution in [-0.4, -0.2) is 46.5 Å². The van der Waals surface area contributed by atoms with Crippen LogP contribution in [-0.2, 0) is 27.8 Å². The molecule has 2 aromatic rings. The fourth-order valence-corrected chi connectivity index (χ4v) is 5.59. The highest BCUT2D eigenvalue weighted by atomic mass is 32.2. The molecule has 0 bridgehead atoms. The number of amides is 1. The van der Waals surface area contributed by atoms with Crippen molar-refractivity contribution in [1.82, 2.24) is 24.4 Å². The van der Waals surface area contributed by atoms with Gasteiger partial charge in [0.25, 0.3) is 0 Å². The fraction of sp³-hybridized carbons (Fsp3) is 0.550. The normalized spacial score (nSPS) is 17.7. The first-order chi connectivity index (χ1) is 14.4. The molecule has 1 aliphatic carbocycles. The maximum absolute atomic E-state index is 12.7. The predicted molar refractivity (Wildman–Crippen MR) is 115 cm³/mol. The molecule has 1 saturated carbocycles. The summed E-state index contributed by atoms with van der Waals surface area (Å²) in [6, 6.07) is 7.28. The molecule has 30 heavy (non-hydrogen) atoms. The van der Waals surface area contributed by atoms with Crippen LogP contribution in [0.2, 0.25) is 0 Å². The quantitative estimate of drug-likeness (QED) is 0.604. The molecular formula is C20H27N5O3S2. The maximum Gasteiger partial charge on any atom is 0.243 e. The zero-order valence-electron chi connectivity index (χ0n) is 16.8. The summed E-state index contributed by atoms with van der Waals surface area (Å²) in [6.07, 6.45) is 5.98. The largest absolute Gasteiger partial charge is 0.349 e. The molecular weight excluding hydrogens is 422 g/mol. The van der Waals surface area contributed by atoms with Crippen LogP contribution < -0.4 is 5.32 Å². The minimum Gasteiger partial charge on any atom is -0.349 e. The van der Waals surface area contributed by atoms with Crippen molar-refractivity contribution in [2.24, 2.45) is 0 Å². The molecule has 2 heterocycles. The molecule has 1 amide bonds. The van der Waals surface area contributed by atoms with Gasteiger partial charge in [-0.15, -0.1) is 0 Å². The molecule has 0 unspecified atom stereocenters. The molecule has 0 atom stereocenters. The number of benzene rings is 1. The number of sulfonamides is 1. The zero-order chi connectivity index (χ0) is 21.1. The summed E-state index contributed by atoms with van der Waals surface area (Å²) in [6.45, 7) is 1.53. The van der Waals surface area contributed by atoms with Crippen molar-refractivity contribution < 1.29 is 13.2 Å². The van der Waals surface area contributed by atoms with Gasteiger partial charge in [-0.3, -0.25) is 14.5 Å². The number of carbonyl (C=O) groups is 1. The van der Waals surface area contributed by atoms with E-state index >= 15 is 0 Å². The van der Waals surface area contributed by atoms with Gasteiger partial charge >= 0.3 is 0 Å². The predicted octanol–water partition coefficient (Wildman–Crippen LogP) is 2.70. The van der Waals surface area contributed by atoms with Gasteiger partial charge in [-0.25, -0.2) is 8.42 Å². The van der Waals surface area contributed by atoms with E-state index in [1.165, 1.54) is 0 Å². The van der Waals surface area contributed by atoms with E-state index in [-0.39, 0.29) is 5.91 Å². The molecule has 1 aliphatic heterocycles. The lowest BCUT2D eigenvalue weighted by atomic mass is 10.1. The van der Waals surface area contributed by atoms with Gasteiger partial charge in [-0.05, 0) is 62.0 Å². The molecule has 1 aromatic carbocycles. The molecule has 162 valence electrons. The van der Waals surface area contributed by atoms with E-state index in [2.05, 4.69) is 15.5 Å². The van der Waals surface area contributed by atoms with Crippen LogP contribution in [0.1, 0.15) is 56.0 Å². The Morgan fingerprint density at radius 1 is 1.17 bits per heavy atom. The van der Waals surface area contributed by atoms with Gasteiger partial charge in [0.15, 0.2) is 10.6 Å². The van der Waals surface area contributed by atoms with Crippen LogP contribution in [0.3, 0.4) is 0 Å². The lowest BCUT2D eigenvalue weighted by Crippen LogP contribution is -2.35. The van der Waals surface area contributed by atoms with E-state index in [4.69, 9.17) is 12.2 Å². The summed E-state index contributed by atoms with van der Waals surface area (Å²) in [5, 5.41) is 9.89. The number of piperidine rings is 1. The minimum atomic E-state index is -3.42. The van der Waals surface area contributed by atoms with Gasteiger partial charge in [0.1, 0.15) is 0 Å². The second-order valence-electron chi connectivity index (χ2n) is 7.93. The van der Waals surface area contributed by atoms with Crippen molar-refractivity contribution in [2.45, 2.75) is 62.4 Å². The van der Waals surface area contributed by atoms with Crippen LogP contribution in [0, 0.1) is 4.77 Å². The third-order valence-corrected chi connectivity index (χ3v) is 7.85. The first kappa shape index (κ1) is 21.2. The van der Waals surface area contributed by atoms with Gasteiger partial charge in [0, 0.05) is 25.6 Å². The number of aromatic nitrogens is 3. The van der Waals surface area contributed by atoms with Crippen LogP contribution in [0.4, 0.5) is 0 Å². The zero-order valence-corrected chi connectivity index (χ0v) is 18.5. The van der Waals surface area contributed by atoms with Crippen molar-refractivity contribution in [3.63, 3.8) is 0 Å². The van der Waals surface area contributed by atoms with Crippen molar-refractivity contribution in [2.75, 3.05) is 13.1 Å². The Morgan fingerprint density at radius 2 is 1.87 bits per heavy atom. The first-order valence-electron chi connectivity index (χ1n) is 10.5. The molecule has 8 nitrogen and oxygen atoms in total. The summed E-state index contributed by atoms with van der Waals surface area (Å²) >= 11 is 5.25. The van der Waals surface area contributed by atoms with Crippen LogP contribution in [0.5, 0.6) is 0 Å². The fourth-order valence-electron chi connectivity index (χ4n) is 3.78. The molecule has 4 rings (SSSR count). The molecule has 2 fully saturated rings. The number of carbonyl (C=O) groups excluding carboxylic acids is 1. The maximum atomic E-state index is 12.7. The molecule has 2 aliphatic rings. The van der Waals surface area contributed by atoms with Crippen molar-refractivity contribution in [3.8, 4) is 0 Å². The van der Waals surface area contributed by atoms with Crippen LogP contribution in [0.25, 0.3) is 0 Å². The summed E-state index contributed by atoms with van der Waals surface area (Å²) in [5.74, 6) is 0.680. The van der Waals surface area contributed by atoms with Crippen molar-refractivity contribution in [1.29, 1.82) is 0 Å². The van der Waals surface area contributed by atoms with Gasteiger partial charge < -0.3 is 5.32 Å². The molecule has 0 spiro atoms. The molecule has 2 N–H and O–H groups in total. The van der Waals surface area contributed by atoms with E-state index < -0.39 is 10.0 Å². The summed E-state index contributed by atoms with van der Waals surface area (Å²) in [4.78, 5) is 12.6. The van der Waals surface area contributed by atoms with Gasteiger partial charge in [-0.2, -0.15) is 9.40 Å². The number of hydrogen-bond acceptors (Lipinski definition) is 5. The third-order valence-electron chi connectivity index (χ3n) is 5.65. The number of nitrogens with one attached hydrogen (secondary N) is 2. The average molecular weight is 450 g/mol.